The van der Waals surface area contributed by atoms with Crippen molar-refractivity contribution in [3.63, 3.8) is 0 Å². The Morgan fingerprint density at radius 1 is 1.32 bits per heavy atom. The number of allylic oxidation sites excluding steroid dienone is 1. The highest BCUT2D eigenvalue weighted by Gasteiger charge is 2.47. The van der Waals surface area contributed by atoms with Crippen molar-refractivity contribution in [1.82, 2.24) is 15.5 Å². The molecule has 0 aromatic heterocycles. The van der Waals surface area contributed by atoms with Gasteiger partial charge in [-0.2, -0.15) is 0 Å². The first-order valence-electron chi connectivity index (χ1n) is 9.47. The van der Waals surface area contributed by atoms with Gasteiger partial charge in [-0.15, -0.1) is 0 Å². The third-order valence-electron chi connectivity index (χ3n) is 4.53. The molecule has 0 radical (unpaired) electrons. The van der Waals surface area contributed by atoms with Crippen molar-refractivity contribution in [2.75, 3.05) is 13.2 Å². The van der Waals surface area contributed by atoms with Crippen LogP contribution in [0.25, 0.3) is 0 Å². The summed E-state index contributed by atoms with van der Waals surface area (Å²) in [6.07, 6.45) is -0.208. The molecule has 2 aliphatic rings. The van der Waals surface area contributed by atoms with Crippen LogP contribution in [0, 0.1) is 0 Å². The Morgan fingerprint density at radius 3 is 2.54 bits per heavy atom. The molecular weight excluding hydrogens is 366 g/mol. The van der Waals surface area contributed by atoms with Crippen LogP contribution in [0.5, 0.6) is 0 Å². The molecule has 2 rings (SSSR count). The lowest BCUT2D eigenvalue weighted by Crippen LogP contribution is -2.55. The van der Waals surface area contributed by atoms with Gasteiger partial charge in [-0.3, -0.25) is 4.90 Å². The minimum atomic E-state index is -0.868. The zero-order valence-corrected chi connectivity index (χ0v) is 17.7. The van der Waals surface area contributed by atoms with Gasteiger partial charge in [0.2, 0.25) is 0 Å². The van der Waals surface area contributed by atoms with Crippen LogP contribution < -0.4 is 10.6 Å². The Bertz CT molecular complexity index is 680. The van der Waals surface area contributed by atoms with E-state index in [0.717, 1.165) is 0 Å². The van der Waals surface area contributed by atoms with Crippen molar-refractivity contribution in [1.29, 1.82) is 0 Å². The van der Waals surface area contributed by atoms with Gasteiger partial charge in [-0.05, 0) is 54.9 Å². The van der Waals surface area contributed by atoms with E-state index in [9.17, 15) is 14.4 Å². The van der Waals surface area contributed by atoms with Crippen molar-refractivity contribution in [3.05, 3.63) is 11.3 Å². The van der Waals surface area contributed by atoms with Crippen molar-refractivity contribution >= 4 is 18.1 Å². The number of urea groups is 1. The molecule has 28 heavy (non-hydrogen) atoms. The molecule has 0 aromatic rings. The molecule has 158 valence electrons. The number of carbonyl (C=O) groups is 3. The van der Waals surface area contributed by atoms with E-state index < -0.39 is 35.5 Å². The lowest BCUT2D eigenvalue weighted by atomic mass is 9.95. The second-order valence-corrected chi connectivity index (χ2v) is 8.41. The highest BCUT2D eigenvalue weighted by molar-refractivity contribution is 5.94. The van der Waals surface area contributed by atoms with Crippen molar-refractivity contribution < 1.29 is 28.6 Å². The van der Waals surface area contributed by atoms with Crippen LogP contribution in [-0.4, -0.2) is 59.6 Å². The number of hydrogen-bond acceptors (Lipinski definition) is 6. The van der Waals surface area contributed by atoms with Gasteiger partial charge in [0, 0.05) is 5.70 Å². The maximum absolute atomic E-state index is 12.8. The summed E-state index contributed by atoms with van der Waals surface area (Å²) in [5.74, 6) is -0.500. The molecule has 3 amide bonds. The van der Waals surface area contributed by atoms with E-state index in [2.05, 4.69) is 10.6 Å². The van der Waals surface area contributed by atoms with Crippen LogP contribution in [0.2, 0.25) is 0 Å². The van der Waals surface area contributed by atoms with E-state index in [-0.39, 0.29) is 19.3 Å². The summed E-state index contributed by atoms with van der Waals surface area (Å²) in [6.45, 7) is 12.8. The molecule has 0 spiro atoms. The standard InChI is InChI=1S/C19H31N3O6/c1-8-26-15(23)14-11(2)20-16(24)21-13(14)9-12-10-27-19(6,7)22(12)17(25)28-18(3,4)5/h12-13H,8-10H2,1-7H3,(H2,20,21,24)/t12-,13-/m0/s1. The Kier molecular flexibility index (Phi) is 6.27. The maximum Gasteiger partial charge on any atom is 0.412 e. The largest absolute Gasteiger partial charge is 0.463 e. The fourth-order valence-electron chi connectivity index (χ4n) is 3.46. The van der Waals surface area contributed by atoms with Crippen molar-refractivity contribution in [2.24, 2.45) is 0 Å². The van der Waals surface area contributed by atoms with E-state index in [4.69, 9.17) is 14.2 Å². The first kappa shape index (κ1) is 22.0. The summed E-state index contributed by atoms with van der Waals surface area (Å²) in [4.78, 5) is 38.7. The second kappa shape index (κ2) is 7.98. The van der Waals surface area contributed by atoms with Crippen molar-refractivity contribution in [3.8, 4) is 0 Å². The molecule has 0 aliphatic carbocycles. The Labute approximate surface area is 165 Å². The fraction of sp³-hybridized carbons (Fsp3) is 0.737. The average molecular weight is 397 g/mol. The van der Waals surface area contributed by atoms with Gasteiger partial charge >= 0.3 is 18.1 Å². The van der Waals surface area contributed by atoms with Gasteiger partial charge in [0.25, 0.3) is 0 Å². The van der Waals surface area contributed by atoms with Crippen LogP contribution in [0.4, 0.5) is 9.59 Å². The molecule has 0 saturated carbocycles. The van der Waals surface area contributed by atoms with E-state index in [0.29, 0.717) is 17.7 Å². The first-order valence-corrected chi connectivity index (χ1v) is 9.47. The number of hydrogen-bond donors (Lipinski definition) is 2. The maximum atomic E-state index is 12.8. The third kappa shape index (κ3) is 4.95. The number of amides is 3. The van der Waals surface area contributed by atoms with Crippen LogP contribution in [0.15, 0.2) is 11.3 Å². The summed E-state index contributed by atoms with van der Waals surface area (Å²) in [5, 5.41) is 5.35. The molecule has 9 nitrogen and oxygen atoms in total. The minimum absolute atomic E-state index is 0.222. The third-order valence-corrected chi connectivity index (χ3v) is 4.53. The summed E-state index contributed by atoms with van der Waals surface area (Å²) in [5.41, 5.74) is -0.743. The summed E-state index contributed by atoms with van der Waals surface area (Å²) < 4.78 is 16.5. The number of nitrogens with zero attached hydrogens (tertiary/aromatic N) is 1. The van der Waals surface area contributed by atoms with E-state index in [1.165, 1.54) is 4.90 Å². The molecule has 2 atom stereocenters. The molecular formula is C19H31N3O6. The summed E-state index contributed by atoms with van der Waals surface area (Å²) in [6, 6.07) is -1.40. The first-order chi connectivity index (χ1) is 12.9. The highest BCUT2D eigenvalue weighted by atomic mass is 16.6. The monoisotopic (exact) mass is 397 g/mol. The molecule has 2 aliphatic heterocycles. The Balaban J connectivity index is 2.27. The lowest BCUT2D eigenvalue weighted by Gasteiger charge is -2.37. The predicted octanol–water partition coefficient (Wildman–Crippen LogP) is 2.27. The Hall–Kier alpha value is -2.29. The zero-order valence-electron chi connectivity index (χ0n) is 17.7. The average Bonchev–Trinajstić information content (AvgIpc) is 2.79. The van der Waals surface area contributed by atoms with Crippen LogP contribution >= 0.6 is 0 Å². The molecule has 2 N–H and O–H groups in total. The number of carbonyl (C=O) groups excluding carboxylic acids is 3. The normalized spacial score (nSPS) is 24.5. The summed E-state index contributed by atoms with van der Waals surface area (Å²) >= 11 is 0. The summed E-state index contributed by atoms with van der Waals surface area (Å²) in [7, 11) is 0. The van der Waals surface area contributed by atoms with Crippen molar-refractivity contribution in [2.45, 2.75) is 78.3 Å². The molecule has 0 bridgehead atoms. The van der Waals surface area contributed by atoms with E-state index in [1.54, 1.807) is 48.5 Å². The lowest BCUT2D eigenvalue weighted by molar-refractivity contribution is -0.139. The van der Waals surface area contributed by atoms with Gasteiger partial charge in [0.05, 0.1) is 30.9 Å². The number of ether oxygens (including phenoxy) is 3. The zero-order chi connectivity index (χ0) is 21.3. The van der Waals surface area contributed by atoms with Crippen LogP contribution in [0.3, 0.4) is 0 Å². The number of rotatable bonds is 4. The van der Waals surface area contributed by atoms with Gasteiger partial charge in [-0.25, -0.2) is 14.4 Å². The minimum Gasteiger partial charge on any atom is -0.463 e. The van der Waals surface area contributed by atoms with E-state index in [1.807, 2.05) is 0 Å². The second-order valence-electron chi connectivity index (χ2n) is 8.41. The highest BCUT2D eigenvalue weighted by Crippen LogP contribution is 2.33. The Morgan fingerprint density at radius 2 is 1.96 bits per heavy atom. The topological polar surface area (TPSA) is 106 Å². The van der Waals surface area contributed by atoms with E-state index >= 15 is 0 Å². The number of nitrogens with one attached hydrogen (secondary N) is 2. The molecule has 0 unspecified atom stereocenters. The van der Waals surface area contributed by atoms with Crippen LogP contribution in [-0.2, 0) is 19.0 Å². The smallest absolute Gasteiger partial charge is 0.412 e. The van der Waals surface area contributed by atoms with Gasteiger partial charge in [0.15, 0.2) is 0 Å². The molecule has 9 heteroatoms. The molecule has 0 aromatic carbocycles. The van der Waals surface area contributed by atoms with Gasteiger partial charge < -0.3 is 24.8 Å². The van der Waals surface area contributed by atoms with Gasteiger partial charge in [-0.1, -0.05) is 0 Å². The quantitative estimate of drug-likeness (QED) is 0.705. The van der Waals surface area contributed by atoms with Crippen LogP contribution in [0.1, 0.15) is 54.9 Å². The fourth-order valence-corrected chi connectivity index (χ4v) is 3.46. The van der Waals surface area contributed by atoms with Gasteiger partial charge in [0.1, 0.15) is 11.3 Å². The SMILES string of the molecule is CCOC(=O)C1=C(C)NC(=O)N[C@H]1C[C@H]1COC(C)(C)N1C(=O)OC(C)(C)C. The molecule has 1 fully saturated rings. The number of esters is 1. The molecule has 2 heterocycles. The predicted molar refractivity (Wildman–Crippen MR) is 101 cm³/mol. The molecule has 1 saturated heterocycles.